The molecule has 214 valence electrons. The smallest absolute Gasteiger partial charge is 0.265 e. The van der Waals surface area contributed by atoms with Gasteiger partial charge in [0.1, 0.15) is 11.2 Å². The van der Waals surface area contributed by atoms with Crippen molar-refractivity contribution in [3.05, 3.63) is 52.4 Å². The second-order valence-electron chi connectivity index (χ2n) is 11.1. The van der Waals surface area contributed by atoms with Crippen LogP contribution in [-0.2, 0) is 0 Å². The summed E-state index contributed by atoms with van der Waals surface area (Å²) in [5.74, 6) is 0.141. The minimum Gasteiger partial charge on any atom is -0.371 e. The van der Waals surface area contributed by atoms with Gasteiger partial charge < -0.3 is 15.1 Å². The van der Waals surface area contributed by atoms with Gasteiger partial charge in [0.2, 0.25) is 5.95 Å². The fourth-order valence-electron chi connectivity index (χ4n) is 6.16. The molecule has 40 heavy (non-hydrogen) atoms. The van der Waals surface area contributed by atoms with Gasteiger partial charge in [0.25, 0.3) is 11.5 Å². The van der Waals surface area contributed by atoms with Crippen molar-refractivity contribution < 1.29 is 4.79 Å². The van der Waals surface area contributed by atoms with Crippen molar-refractivity contribution in [2.45, 2.75) is 57.5 Å². The molecule has 2 fully saturated rings. The van der Waals surface area contributed by atoms with Crippen molar-refractivity contribution in [1.29, 1.82) is 0 Å². The fraction of sp³-hybridized carbons (Fsp3) is 0.533. The lowest BCUT2D eigenvalue weighted by Gasteiger charge is -2.39. The van der Waals surface area contributed by atoms with E-state index in [1.807, 2.05) is 0 Å². The number of fused-ring (bicyclic) bond motifs is 1. The zero-order valence-electron chi connectivity index (χ0n) is 23.8. The molecular formula is C30H40IN7O2. The first-order valence-corrected chi connectivity index (χ1v) is 16.0. The third kappa shape index (κ3) is 6.12. The third-order valence-electron chi connectivity index (χ3n) is 8.35. The van der Waals surface area contributed by atoms with Gasteiger partial charge >= 0.3 is 0 Å². The molecule has 1 saturated heterocycles. The van der Waals surface area contributed by atoms with Gasteiger partial charge in [0.15, 0.2) is 0 Å². The first kappa shape index (κ1) is 28.8. The highest BCUT2D eigenvalue weighted by Gasteiger charge is 2.26. The maximum absolute atomic E-state index is 13.5. The van der Waals surface area contributed by atoms with Crippen LogP contribution in [0.5, 0.6) is 0 Å². The lowest BCUT2D eigenvalue weighted by atomic mass is 10.0. The average molecular weight is 658 g/mol. The van der Waals surface area contributed by atoms with Gasteiger partial charge in [0.05, 0.1) is 0 Å². The number of carbonyl (C=O) groups excluding carboxylic acids is 1. The van der Waals surface area contributed by atoms with Crippen LogP contribution in [0, 0.1) is 0 Å². The number of nitrogens with one attached hydrogen (secondary N) is 1. The first-order valence-electron chi connectivity index (χ1n) is 14.5. The van der Waals surface area contributed by atoms with Gasteiger partial charge in [-0.3, -0.25) is 19.1 Å². The highest BCUT2D eigenvalue weighted by molar-refractivity contribution is 14.1. The number of nitrogens with zero attached hydrogens (tertiary/aromatic N) is 6. The Morgan fingerprint density at radius 2 is 1.80 bits per heavy atom. The van der Waals surface area contributed by atoms with E-state index in [1.165, 1.54) is 34.4 Å². The van der Waals surface area contributed by atoms with E-state index in [0.29, 0.717) is 23.0 Å². The number of rotatable bonds is 9. The van der Waals surface area contributed by atoms with Crippen LogP contribution in [-0.4, -0.2) is 81.0 Å². The summed E-state index contributed by atoms with van der Waals surface area (Å²) < 4.78 is 2.91. The highest BCUT2D eigenvalue weighted by Crippen LogP contribution is 2.31. The van der Waals surface area contributed by atoms with Crippen molar-refractivity contribution >= 4 is 56.9 Å². The zero-order valence-corrected chi connectivity index (χ0v) is 25.9. The number of piperidine rings is 1. The monoisotopic (exact) mass is 657 g/mol. The Balaban J connectivity index is 1.34. The molecule has 1 aliphatic carbocycles. The van der Waals surface area contributed by atoms with Crippen LogP contribution in [0.3, 0.4) is 0 Å². The van der Waals surface area contributed by atoms with E-state index in [9.17, 15) is 9.59 Å². The number of alkyl halides is 1. The number of hydrogen-bond acceptors (Lipinski definition) is 7. The topological polar surface area (TPSA) is 86.6 Å². The second-order valence-corrected chi connectivity index (χ2v) is 12.1. The second kappa shape index (κ2) is 12.8. The van der Waals surface area contributed by atoms with Crippen molar-refractivity contribution in [2.24, 2.45) is 0 Å². The number of amides is 1. The van der Waals surface area contributed by atoms with Crippen LogP contribution in [0.4, 0.5) is 17.3 Å². The number of halogens is 1. The van der Waals surface area contributed by atoms with Crippen molar-refractivity contribution in [1.82, 2.24) is 24.3 Å². The number of aromatic nitrogens is 3. The van der Waals surface area contributed by atoms with Gasteiger partial charge in [-0.15, -0.1) is 0 Å². The molecule has 1 aromatic carbocycles. The Morgan fingerprint density at radius 3 is 2.42 bits per heavy atom. The maximum atomic E-state index is 13.5. The Bertz CT molecular complexity index is 1380. The first-order chi connectivity index (χ1) is 19.4. The number of carbonyl (C=O) groups is 1. The van der Waals surface area contributed by atoms with Gasteiger partial charge in [-0.2, -0.15) is 4.98 Å². The minimum absolute atomic E-state index is 0.0436. The van der Waals surface area contributed by atoms with Crippen LogP contribution in [0.2, 0.25) is 0 Å². The molecular weight excluding hydrogens is 617 g/mol. The van der Waals surface area contributed by atoms with Crippen LogP contribution in [0.15, 0.2) is 41.3 Å². The summed E-state index contributed by atoms with van der Waals surface area (Å²) in [6, 6.07) is 10.8. The SMILES string of the molecule is CCN(CCI)C1CCN(c2ccc(Nc3ncc4cc(C(=O)N(C)C)c(=O)n(C5CCCC5)c4n3)cc2)CC1. The summed E-state index contributed by atoms with van der Waals surface area (Å²) in [5, 5.41) is 4.02. The van der Waals surface area contributed by atoms with Crippen molar-refractivity contribution in [2.75, 3.05) is 54.9 Å². The van der Waals surface area contributed by atoms with Gasteiger partial charge in [0, 0.05) is 73.2 Å². The Morgan fingerprint density at radius 1 is 1.10 bits per heavy atom. The lowest BCUT2D eigenvalue weighted by Crippen LogP contribution is -2.45. The van der Waals surface area contributed by atoms with E-state index >= 15 is 0 Å². The Kier molecular flexibility index (Phi) is 9.24. The summed E-state index contributed by atoms with van der Waals surface area (Å²) in [6.45, 7) is 6.70. The molecule has 0 bridgehead atoms. The molecule has 1 amide bonds. The predicted octanol–water partition coefficient (Wildman–Crippen LogP) is 5.08. The molecule has 5 rings (SSSR count). The molecule has 10 heteroatoms. The Labute approximate surface area is 250 Å². The standard InChI is InChI=1S/C30H40IN7O2/c1-4-36(18-15-31)24-13-16-37(17-14-24)23-11-9-22(10-12-23)33-30-32-20-21-19-26(28(39)35(2)3)29(40)38(27(21)34-30)25-7-5-6-8-25/h9-12,19-20,24-25H,4-8,13-18H2,1-3H3,(H,32,33,34). The van der Waals surface area contributed by atoms with Gasteiger partial charge in [-0.25, -0.2) is 4.98 Å². The van der Waals surface area contributed by atoms with Crippen LogP contribution < -0.4 is 15.8 Å². The number of pyridine rings is 1. The number of anilines is 3. The predicted molar refractivity (Wildman–Crippen MR) is 170 cm³/mol. The Hall–Kier alpha value is -2.73. The lowest BCUT2D eigenvalue weighted by molar-refractivity contribution is 0.0825. The number of hydrogen-bond donors (Lipinski definition) is 1. The minimum atomic E-state index is -0.298. The molecule has 2 aliphatic rings. The van der Waals surface area contributed by atoms with E-state index in [0.717, 1.165) is 51.0 Å². The fourth-order valence-corrected chi connectivity index (χ4v) is 6.78. The van der Waals surface area contributed by atoms with E-state index in [-0.39, 0.29) is 23.1 Å². The molecule has 1 aliphatic heterocycles. The van der Waals surface area contributed by atoms with Crippen LogP contribution in [0.1, 0.15) is 61.8 Å². The van der Waals surface area contributed by atoms with Crippen LogP contribution in [0.25, 0.3) is 11.0 Å². The van der Waals surface area contributed by atoms with E-state index in [2.05, 4.69) is 73.9 Å². The van der Waals surface area contributed by atoms with E-state index < -0.39 is 0 Å². The summed E-state index contributed by atoms with van der Waals surface area (Å²) in [6.07, 6.45) is 8.06. The van der Waals surface area contributed by atoms with Crippen molar-refractivity contribution in [3.63, 3.8) is 0 Å². The van der Waals surface area contributed by atoms with Gasteiger partial charge in [-0.1, -0.05) is 42.4 Å². The molecule has 3 aromatic rings. The molecule has 0 radical (unpaired) electrons. The molecule has 2 aromatic heterocycles. The molecule has 0 atom stereocenters. The maximum Gasteiger partial charge on any atom is 0.265 e. The highest BCUT2D eigenvalue weighted by atomic mass is 127. The normalized spacial score (nSPS) is 16.7. The average Bonchev–Trinajstić information content (AvgIpc) is 3.50. The zero-order chi connectivity index (χ0) is 28.2. The van der Waals surface area contributed by atoms with E-state index in [4.69, 9.17) is 4.98 Å². The molecule has 0 unspecified atom stereocenters. The molecule has 9 nitrogen and oxygen atoms in total. The summed E-state index contributed by atoms with van der Waals surface area (Å²) >= 11 is 2.47. The largest absolute Gasteiger partial charge is 0.371 e. The quantitative estimate of drug-likeness (QED) is 0.254. The van der Waals surface area contributed by atoms with E-state index in [1.54, 1.807) is 30.9 Å². The molecule has 0 spiro atoms. The summed E-state index contributed by atoms with van der Waals surface area (Å²) in [5.41, 5.74) is 2.60. The molecule has 1 saturated carbocycles. The van der Waals surface area contributed by atoms with Crippen LogP contribution >= 0.6 is 22.6 Å². The summed E-state index contributed by atoms with van der Waals surface area (Å²) in [7, 11) is 3.33. The molecule has 3 heterocycles. The third-order valence-corrected chi connectivity index (χ3v) is 8.83. The molecule has 1 N–H and O–H groups in total. The van der Waals surface area contributed by atoms with Gasteiger partial charge in [-0.05, 0) is 62.6 Å². The summed E-state index contributed by atoms with van der Waals surface area (Å²) in [4.78, 5) is 42.1. The van der Waals surface area contributed by atoms with Crippen molar-refractivity contribution in [3.8, 4) is 0 Å². The number of benzene rings is 1.